The Bertz CT molecular complexity index is 637. The van der Waals surface area contributed by atoms with Crippen molar-refractivity contribution in [3.05, 3.63) is 71.3 Å². The SMILES string of the molecule is O=Cc1cccc(C(=O)NOC(=O)c2ccccc2)c1. The number of nitrogens with one attached hydrogen (secondary N) is 1. The summed E-state index contributed by atoms with van der Waals surface area (Å²) in [6.07, 6.45) is 0.632. The Morgan fingerprint density at radius 3 is 2.35 bits per heavy atom. The maximum atomic E-state index is 11.7. The van der Waals surface area contributed by atoms with Gasteiger partial charge in [-0.1, -0.05) is 30.3 Å². The smallest absolute Gasteiger partial charge is 0.335 e. The van der Waals surface area contributed by atoms with E-state index in [4.69, 9.17) is 4.84 Å². The monoisotopic (exact) mass is 269 g/mol. The molecular formula is C15H11NO4. The van der Waals surface area contributed by atoms with Gasteiger partial charge in [-0.15, -0.1) is 0 Å². The van der Waals surface area contributed by atoms with E-state index in [2.05, 4.69) is 0 Å². The van der Waals surface area contributed by atoms with Crippen LogP contribution >= 0.6 is 0 Å². The normalized spacial score (nSPS) is 9.60. The van der Waals surface area contributed by atoms with Gasteiger partial charge in [0.25, 0.3) is 5.91 Å². The van der Waals surface area contributed by atoms with Crippen LogP contribution in [0.5, 0.6) is 0 Å². The maximum Gasteiger partial charge on any atom is 0.362 e. The van der Waals surface area contributed by atoms with Crippen molar-refractivity contribution in [3.63, 3.8) is 0 Å². The lowest BCUT2D eigenvalue weighted by molar-refractivity contribution is 0.0230. The Balaban J connectivity index is 1.98. The van der Waals surface area contributed by atoms with E-state index in [1.54, 1.807) is 42.5 Å². The Morgan fingerprint density at radius 1 is 0.950 bits per heavy atom. The van der Waals surface area contributed by atoms with E-state index in [9.17, 15) is 14.4 Å². The van der Waals surface area contributed by atoms with Crippen LogP contribution in [0, 0.1) is 0 Å². The highest BCUT2D eigenvalue weighted by Crippen LogP contribution is 2.04. The molecule has 2 rings (SSSR count). The van der Waals surface area contributed by atoms with Crippen LogP contribution in [0.1, 0.15) is 31.1 Å². The second kappa shape index (κ2) is 6.29. The number of hydroxylamine groups is 1. The second-order valence-electron chi connectivity index (χ2n) is 3.93. The van der Waals surface area contributed by atoms with Gasteiger partial charge in [0.15, 0.2) is 0 Å². The van der Waals surface area contributed by atoms with Gasteiger partial charge in [0.2, 0.25) is 0 Å². The first-order chi connectivity index (χ1) is 9.70. The number of hydrogen-bond donors (Lipinski definition) is 1. The van der Waals surface area contributed by atoms with Crippen molar-refractivity contribution >= 4 is 18.2 Å². The maximum absolute atomic E-state index is 11.7. The number of carbonyl (C=O) groups excluding carboxylic acids is 3. The first kappa shape index (κ1) is 13.5. The Kier molecular flexibility index (Phi) is 4.24. The first-order valence-electron chi connectivity index (χ1n) is 5.82. The molecule has 0 atom stereocenters. The molecule has 0 aliphatic carbocycles. The molecule has 0 radical (unpaired) electrons. The molecule has 1 amide bonds. The minimum atomic E-state index is -0.662. The Morgan fingerprint density at radius 2 is 1.65 bits per heavy atom. The Hall–Kier alpha value is -2.95. The van der Waals surface area contributed by atoms with Crippen LogP contribution in [0.25, 0.3) is 0 Å². The molecule has 0 aliphatic heterocycles. The summed E-state index contributed by atoms with van der Waals surface area (Å²) < 4.78 is 0. The van der Waals surface area contributed by atoms with Crippen LogP contribution in [-0.4, -0.2) is 18.2 Å². The summed E-state index contributed by atoms with van der Waals surface area (Å²) in [6, 6.07) is 14.3. The van der Waals surface area contributed by atoms with Gasteiger partial charge in [-0.05, 0) is 24.3 Å². The summed E-state index contributed by atoms with van der Waals surface area (Å²) in [5, 5.41) is 0. The molecule has 2 aromatic carbocycles. The summed E-state index contributed by atoms with van der Waals surface area (Å²) in [6.45, 7) is 0. The molecule has 0 saturated heterocycles. The minimum absolute atomic E-state index is 0.232. The zero-order chi connectivity index (χ0) is 14.4. The molecule has 100 valence electrons. The van der Waals surface area contributed by atoms with Gasteiger partial charge < -0.3 is 4.84 Å². The third-order valence-electron chi connectivity index (χ3n) is 2.53. The predicted molar refractivity (Wildman–Crippen MR) is 71.2 cm³/mol. The molecule has 0 bridgehead atoms. The van der Waals surface area contributed by atoms with Crippen molar-refractivity contribution in [1.29, 1.82) is 0 Å². The van der Waals surface area contributed by atoms with Gasteiger partial charge in [-0.3, -0.25) is 9.59 Å². The molecule has 5 nitrogen and oxygen atoms in total. The van der Waals surface area contributed by atoms with E-state index < -0.39 is 11.9 Å². The Labute approximate surface area is 115 Å². The van der Waals surface area contributed by atoms with E-state index in [0.717, 1.165) is 0 Å². The molecule has 0 unspecified atom stereocenters. The molecule has 2 aromatic rings. The number of hydrogen-bond acceptors (Lipinski definition) is 4. The molecule has 20 heavy (non-hydrogen) atoms. The van der Waals surface area contributed by atoms with Gasteiger partial charge in [-0.25, -0.2) is 4.79 Å². The fraction of sp³-hybridized carbons (Fsp3) is 0. The third-order valence-corrected chi connectivity index (χ3v) is 2.53. The van der Waals surface area contributed by atoms with Gasteiger partial charge >= 0.3 is 5.97 Å². The standard InChI is InChI=1S/C15H11NO4/c17-10-11-5-4-8-13(9-11)14(18)16-20-15(19)12-6-2-1-3-7-12/h1-10H,(H,16,18). The number of aldehydes is 1. The third kappa shape index (κ3) is 3.29. The molecule has 5 heteroatoms. The molecular weight excluding hydrogens is 258 g/mol. The quantitative estimate of drug-likeness (QED) is 0.683. The van der Waals surface area contributed by atoms with Crippen LogP contribution in [-0.2, 0) is 4.84 Å². The highest BCUT2D eigenvalue weighted by atomic mass is 16.7. The lowest BCUT2D eigenvalue weighted by Crippen LogP contribution is -2.27. The summed E-state index contributed by atoms with van der Waals surface area (Å²) in [4.78, 5) is 38.7. The van der Waals surface area contributed by atoms with Crippen LogP contribution in [0.3, 0.4) is 0 Å². The van der Waals surface area contributed by atoms with E-state index >= 15 is 0 Å². The van der Waals surface area contributed by atoms with Crippen molar-refractivity contribution in [1.82, 2.24) is 5.48 Å². The highest BCUT2D eigenvalue weighted by Gasteiger charge is 2.11. The second-order valence-corrected chi connectivity index (χ2v) is 3.93. The van der Waals surface area contributed by atoms with Gasteiger partial charge in [-0.2, -0.15) is 5.48 Å². The summed E-state index contributed by atoms with van der Waals surface area (Å²) in [5.74, 6) is -1.26. The van der Waals surface area contributed by atoms with E-state index in [1.807, 2.05) is 5.48 Å². The average Bonchev–Trinajstić information content (AvgIpc) is 2.53. The van der Waals surface area contributed by atoms with Crippen LogP contribution in [0.4, 0.5) is 0 Å². The molecule has 1 N–H and O–H groups in total. The first-order valence-corrected chi connectivity index (χ1v) is 5.82. The van der Waals surface area contributed by atoms with Crippen LogP contribution in [0.15, 0.2) is 54.6 Å². The number of carbonyl (C=O) groups is 3. The average molecular weight is 269 g/mol. The predicted octanol–water partition coefficient (Wildman–Crippen LogP) is 2.00. The van der Waals surface area contributed by atoms with Gasteiger partial charge in [0.1, 0.15) is 6.29 Å². The van der Waals surface area contributed by atoms with Crippen molar-refractivity contribution in [2.24, 2.45) is 0 Å². The lowest BCUT2D eigenvalue weighted by atomic mass is 10.1. The molecule has 0 aromatic heterocycles. The minimum Gasteiger partial charge on any atom is -0.335 e. The summed E-state index contributed by atoms with van der Waals surface area (Å²) in [5.41, 5.74) is 2.97. The molecule has 0 aliphatic rings. The number of amides is 1. The molecule has 0 spiro atoms. The summed E-state index contributed by atoms with van der Waals surface area (Å²) >= 11 is 0. The zero-order valence-electron chi connectivity index (χ0n) is 10.4. The fourth-order valence-corrected chi connectivity index (χ4v) is 1.54. The zero-order valence-corrected chi connectivity index (χ0v) is 10.4. The van der Waals surface area contributed by atoms with E-state index in [0.29, 0.717) is 17.4 Å². The van der Waals surface area contributed by atoms with Crippen LogP contribution < -0.4 is 5.48 Å². The largest absolute Gasteiger partial charge is 0.362 e. The topological polar surface area (TPSA) is 72.5 Å². The van der Waals surface area contributed by atoms with E-state index in [1.165, 1.54) is 12.1 Å². The van der Waals surface area contributed by atoms with E-state index in [-0.39, 0.29) is 5.56 Å². The molecule has 0 heterocycles. The van der Waals surface area contributed by atoms with Crippen LogP contribution in [0.2, 0.25) is 0 Å². The van der Waals surface area contributed by atoms with Crippen molar-refractivity contribution < 1.29 is 19.2 Å². The van der Waals surface area contributed by atoms with Gasteiger partial charge in [0, 0.05) is 11.1 Å². The lowest BCUT2D eigenvalue weighted by Gasteiger charge is -2.05. The van der Waals surface area contributed by atoms with Crippen molar-refractivity contribution in [2.75, 3.05) is 0 Å². The van der Waals surface area contributed by atoms with Crippen molar-refractivity contribution in [3.8, 4) is 0 Å². The molecule has 0 saturated carbocycles. The highest BCUT2D eigenvalue weighted by molar-refractivity contribution is 5.97. The fourth-order valence-electron chi connectivity index (χ4n) is 1.54. The summed E-state index contributed by atoms with van der Waals surface area (Å²) in [7, 11) is 0. The van der Waals surface area contributed by atoms with Crippen molar-refractivity contribution in [2.45, 2.75) is 0 Å². The number of benzene rings is 2. The van der Waals surface area contributed by atoms with Gasteiger partial charge in [0.05, 0.1) is 5.56 Å². The molecule has 0 fully saturated rings. The number of rotatable bonds is 3.